The molecule has 1 saturated carbocycles. The Morgan fingerprint density at radius 1 is 1.20 bits per heavy atom. The number of carbonyl (C=O) groups is 1. The summed E-state index contributed by atoms with van der Waals surface area (Å²) < 4.78 is 23.3. The van der Waals surface area contributed by atoms with Crippen LogP contribution in [0.1, 0.15) is 55.4 Å². The molecule has 0 bridgehead atoms. The van der Waals surface area contributed by atoms with Crippen LogP contribution in [0, 0.1) is 0 Å². The number of aromatic nitrogens is 2. The molecule has 1 aliphatic heterocycles. The summed E-state index contributed by atoms with van der Waals surface area (Å²) in [6, 6.07) is 1.69. The fourth-order valence-electron chi connectivity index (χ4n) is 3.57. The number of hydrogen-bond donors (Lipinski definition) is 1. The highest BCUT2D eigenvalue weighted by Gasteiger charge is 2.32. The van der Waals surface area contributed by atoms with Gasteiger partial charge in [0.15, 0.2) is 9.84 Å². The van der Waals surface area contributed by atoms with Crippen molar-refractivity contribution in [2.75, 3.05) is 23.5 Å². The lowest BCUT2D eigenvalue weighted by Gasteiger charge is -2.23. The largest absolute Gasteiger partial charge is 0.348 e. The molecule has 8 heteroatoms. The first-order valence-electron chi connectivity index (χ1n) is 9.02. The average molecular weight is 366 g/mol. The fourth-order valence-corrected chi connectivity index (χ4v) is 5.35. The number of hydrogen-bond acceptors (Lipinski definition) is 6. The van der Waals surface area contributed by atoms with E-state index in [1.165, 1.54) is 12.8 Å². The van der Waals surface area contributed by atoms with Crippen LogP contribution in [0.3, 0.4) is 0 Å². The van der Waals surface area contributed by atoms with Gasteiger partial charge >= 0.3 is 0 Å². The van der Waals surface area contributed by atoms with Gasteiger partial charge in [-0.15, -0.1) is 0 Å². The molecule has 25 heavy (non-hydrogen) atoms. The minimum atomic E-state index is -2.97. The van der Waals surface area contributed by atoms with Crippen LogP contribution in [0.5, 0.6) is 0 Å². The zero-order chi connectivity index (χ0) is 17.9. The lowest BCUT2D eigenvalue weighted by molar-refractivity contribution is 0.0928. The van der Waals surface area contributed by atoms with Crippen molar-refractivity contribution in [3.8, 4) is 0 Å². The van der Waals surface area contributed by atoms with Gasteiger partial charge < -0.3 is 10.2 Å². The first-order chi connectivity index (χ1) is 11.9. The highest BCUT2D eigenvalue weighted by atomic mass is 32.2. The Bertz CT molecular complexity index is 714. The Hall–Kier alpha value is -1.70. The zero-order valence-corrected chi connectivity index (χ0v) is 15.5. The van der Waals surface area contributed by atoms with Gasteiger partial charge in [-0.1, -0.05) is 25.7 Å². The van der Waals surface area contributed by atoms with Gasteiger partial charge in [-0.25, -0.2) is 18.4 Å². The Morgan fingerprint density at radius 2 is 1.92 bits per heavy atom. The van der Waals surface area contributed by atoms with Crippen molar-refractivity contribution in [3.63, 3.8) is 0 Å². The summed E-state index contributed by atoms with van der Waals surface area (Å²) >= 11 is 0. The van der Waals surface area contributed by atoms with E-state index in [1.807, 2.05) is 0 Å². The highest BCUT2D eigenvalue weighted by molar-refractivity contribution is 7.91. The average Bonchev–Trinajstić information content (AvgIpc) is 2.80. The molecule has 0 aromatic carbocycles. The molecule has 0 spiro atoms. The second kappa shape index (κ2) is 7.68. The number of anilines is 1. The molecule has 1 aromatic rings. The molecule has 138 valence electrons. The van der Waals surface area contributed by atoms with Crippen LogP contribution in [0.25, 0.3) is 0 Å². The normalized spacial score (nSPS) is 23.8. The van der Waals surface area contributed by atoms with E-state index < -0.39 is 9.84 Å². The maximum absolute atomic E-state index is 12.5. The summed E-state index contributed by atoms with van der Waals surface area (Å²) in [6.07, 6.45) is 8.94. The number of amides is 1. The Balaban J connectivity index is 1.67. The summed E-state index contributed by atoms with van der Waals surface area (Å²) in [4.78, 5) is 22.9. The quantitative estimate of drug-likeness (QED) is 0.813. The smallest absolute Gasteiger partial charge is 0.270 e. The molecule has 3 rings (SSSR count). The van der Waals surface area contributed by atoms with E-state index in [4.69, 9.17) is 0 Å². The standard InChI is InChI=1S/C17H26N4O3S/c1-21(14-9-11-25(23,24)12-14)17-18-10-8-15(20-17)16(22)19-13-6-4-2-3-5-7-13/h8,10,13-14H,2-7,9,11-12H2,1H3,(H,19,22). The van der Waals surface area contributed by atoms with Crippen molar-refractivity contribution in [3.05, 3.63) is 18.0 Å². The summed E-state index contributed by atoms with van der Waals surface area (Å²) in [7, 11) is -1.19. The minimum Gasteiger partial charge on any atom is -0.348 e. The molecule has 1 amide bonds. The second-order valence-electron chi connectivity index (χ2n) is 7.07. The molecule has 0 radical (unpaired) electrons. The number of carbonyl (C=O) groups excluding carboxylic acids is 1. The Morgan fingerprint density at radius 3 is 2.56 bits per heavy atom. The molecular weight excluding hydrogens is 340 g/mol. The first-order valence-corrected chi connectivity index (χ1v) is 10.8. The molecule has 1 saturated heterocycles. The highest BCUT2D eigenvalue weighted by Crippen LogP contribution is 2.21. The van der Waals surface area contributed by atoms with E-state index in [1.54, 1.807) is 24.2 Å². The third kappa shape index (κ3) is 4.68. The zero-order valence-electron chi connectivity index (χ0n) is 14.6. The molecule has 2 fully saturated rings. The SMILES string of the molecule is CN(c1nccc(C(=O)NC2CCCCCC2)n1)C1CCS(=O)(=O)C1. The van der Waals surface area contributed by atoms with Crippen molar-refractivity contribution >= 4 is 21.7 Å². The third-order valence-corrected chi connectivity index (χ3v) is 6.89. The van der Waals surface area contributed by atoms with Gasteiger partial charge in [0.25, 0.3) is 5.91 Å². The Kier molecular flexibility index (Phi) is 5.56. The lowest BCUT2D eigenvalue weighted by atomic mass is 10.1. The molecule has 1 unspecified atom stereocenters. The van der Waals surface area contributed by atoms with E-state index >= 15 is 0 Å². The predicted octanol–water partition coefficient (Wildman–Crippen LogP) is 1.55. The van der Waals surface area contributed by atoms with Gasteiger partial charge in [0.2, 0.25) is 5.95 Å². The summed E-state index contributed by atoms with van der Waals surface area (Å²) in [5.74, 6) is 0.536. The molecule has 1 N–H and O–H groups in total. The van der Waals surface area contributed by atoms with E-state index in [-0.39, 0.29) is 29.5 Å². The molecule has 2 heterocycles. The van der Waals surface area contributed by atoms with Crippen LogP contribution in [0.2, 0.25) is 0 Å². The monoisotopic (exact) mass is 366 g/mol. The van der Waals surface area contributed by atoms with E-state index in [9.17, 15) is 13.2 Å². The number of nitrogens with zero attached hydrogens (tertiary/aromatic N) is 3. The maximum atomic E-state index is 12.5. The summed E-state index contributed by atoms with van der Waals surface area (Å²) in [5, 5.41) is 3.08. The van der Waals surface area contributed by atoms with Crippen LogP contribution in [-0.4, -0.2) is 54.9 Å². The molecule has 1 atom stereocenters. The summed E-state index contributed by atoms with van der Waals surface area (Å²) in [5.41, 5.74) is 0.335. The van der Waals surface area contributed by atoms with Crippen molar-refractivity contribution in [1.29, 1.82) is 0 Å². The van der Waals surface area contributed by atoms with E-state index in [0.29, 0.717) is 18.1 Å². The van der Waals surface area contributed by atoms with Gasteiger partial charge in [0, 0.05) is 25.3 Å². The first kappa shape index (κ1) is 18.1. The molecule has 2 aliphatic rings. The summed E-state index contributed by atoms with van der Waals surface area (Å²) in [6.45, 7) is 0. The Labute approximate surface area is 149 Å². The fraction of sp³-hybridized carbons (Fsp3) is 0.706. The van der Waals surface area contributed by atoms with Crippen molar-refractivity contribution in [2.24, 2.45) is 0 Å². The van der Waals surface area contributed by atoms with Crippen molar-refractivity contribution in [2.45, 2.75) is 57.0 Å². The van der Waals surface area contributed by atoms with Gasteiger partial charge in [-0.05, 0) is 25.3 Å². The van der Waals surface area contributed by atoms with Crippen LogP contribution in [0.4, 0.5) is 5.95 Å². The number of nitrogens with one attached hydrogen (secondary N) is 1. The van der Waals surface area contributed by atoms with Crippen LogP contribution >= 0.6 is 0 Å². The molecule has 1 aliphatic carbocycles. The van der Waals surface area contributed by atoms with Crippen LogP contribution in [-0.2, 0) is 9.84 Å². The van der Waals surface area contributed by atoms with Gasteiger partial charge in [-0.2, -0.15) is 0 Å². The van der Waals surface area contributed by atoms with Crippen LogP contribution in [0.15, 0.2) is 12.3 Å². The number of rotatable bonds is 4. The van der Waals surface area contributed by atoms with Gasteiger partial charge in [0.1, 0.15) is 5.69 Å². The topological polar surface area (TPSA) is 92.3 Å². The second-order valence-corrected chi connectivity index (χ2v) is 9.30. The van der Waals surface area contributed by atoms with Gasteiger partial charge in [-0.3, -0.25) is 4.79 Å². The van der Waals surface area contributed by atoms with Crippen molar-refractivity contribution in [1.82, 2.24) is 15.3 Å². The lowest BCUT2D eigenvalue weighted by Crippen LogP contribution is -2.36. The minimum absolute atomic E-state index is 0.116. The predicted molar refractivity (Wildman–Crippen MR) is 96.5 cm³/mol. The molecular formula is C17H26N4O3S. The molecule has 7 nitrogen and oxygen atoms in total. The van der Waals surface area contributed by atoms with Crippen LogP contribution < -0.4 is 10.2 Å². The van der Waals surface area contributed by atoms with Gasteiger partial charge in [0.05, 0.1) is 11.5 Å². The molecule has 1 aromatic heterocycles. The number of sulfone groups is 1. The van der Waals surface area contributed by atoms with E-state index in [0.717, 1.165) is 25.7 Å². The van der Waals surface area contributed by atoms with E-state index in [2.05, 4.69) is 15.3 Å². The van der Waals surface area contributed by atoms with Crippen molar-refractivity contribution < 1.29 is 13.2 Å². The third-order valence-electron chi connectivity index (χ3n) is 5.14. The maximum Gasteiger partial charge on any atom is 0.270 e.